The first-order chi connectivity index (χ1) is 10.1. The van der Waals surface area contributed by atoms with E-state index in [1.807, 2.05) is 0 Å². The first-order valence-corrected chi connectivity index (χ1v) is 7.40. The van der Waals surface area contributed by atoms with E-state index in [1.54, 1.807) is 24.3 Å². The third kappa shape index (κ3) is 4.29. The molecule has 4 N–H and O–H groups in total. The lowest BCUT2D eigenvalue weighted by Gasteiger charge is -2.26. The molecule has 1 aromatic carbocycles. The van der Waals surface area contributed by atoms with Crippen molar-refractivity contribution in [2.24, 2.45) is 17.6 Å². The number of nitrogens with two attached hydrogens (primary N) is 1. The van der Waals surface area contributed by atoms with Crippen molar-refractivity contribution >= 4 is 11.9 Å². The highest BCUT2D eigenvalue weighted by molar-refractivity contribution is 5.87. The summed E-state index contributed by atoms with van der Waals surface area (Å²) in [6.45, 7) is 1.15. The predicted octanol–water partition coefficient (Wildman–Crippen LogP) is 1.77. The van der Waals surface area contributed by atoms with Crippen molar-refractivity contribution < 1.29 is 14.7 Å². The van der Waals surface area contributed by atoms with Gasteiger partial charge in [0.2, 0.25) is 5.91 Å². The molecule has 1 saturated carbocycles. The van der Waals surface area contributed by atoms with Gasteiger partial charge in [-0.25, -0.2) is 4.79 Å². The van der Waals surface area contributed by atoms with Gasteiger partial charge in [0, 0.05) is 12.5 Å². The zero-order valence-electron chi connectivity index (χ0n) is 12.0. The van der Waals surface area contributed by atoms with Crippen molar-refractivity contribution in [3.63, 3.8) is 0 Å². The highest BCUT2D eigenvalue weighted by atomic mass is 16.4. The lowest BCUT2D eigenvalue weighted by molar-refractivity contribution is -0.126. The van der Waals surface area contributed by atoms with Crippen molar-refractivity contribution in [1.29, 1.82) is 0 Å². The summed E-state index contributed by atoms with van der Waals surface area (Å²) in [6.07, 6.45) is 3.88. The molecule has 0 spiro atoms. The highest BCUT2D eigenvalue weighted by Crippen LogP contribution is 2.28. The Bertz CT molecular complexity index is 491. The van der Waals surface area contributed by atoms with Gasteiger partial charge in [-0.05, 0) is 55.8 Å². The van der Waals surface area contributed by atoms with E-state index in [1.165, 1.54) is 0 Å². The molecule has 114 valence electrons. The van der Waals surface area contributed by atoms with Gasteiger partial charge in [0.15, 0.2) is 0 Å². The van der Waals surface area contributed by atoms with Gasteiger partial charge in [-0.3, -0.25) is 4.79 Å². The Morgan fingerprint density at radius 2 is 1.76 bits per heavy atom. The minimum atomic E-state index is -0.942. The first-order valence-electron chi connectivity index (χ1n) is 7.40. The fourth-order valence-corrected chi connectivity index (χ4v) is 2.76. The summed E-state index contributed by atoms with van der Waals surface area (Å²) in [5.41, 5.74) is 6.81. The third-order valence-corrected chi connectivity index (χ3v) is 4.22. The van der Waals surface area contributed by atoms with Gasteiger partial charge in [-0.15, -0.1) is 0 Å². The number of nitrogens with one attached hydrogen (secondary N) is 1. The van der Waals surface area contributed by atoms with Gasteiger partial charge < -0.3 is 16.2 Å². The second-order valence-corrected chi connectivity index (χ2v) is 5.67. The zero-order chi connectivity index (χ0) is 15.2. The summed E-state index contributed by atoms with van der Waals surface area (Å²) in [7, 11) is 0. The number of rotatable bonds is 5. The molecule has 0 aliphatic heterocycles. The van der Waals surface area contributed by atoms with Crippen LogP contribution in [0.25, 0.3) is 0 Å². The van der Waals surface area contributed by atoms with Crippen LogP contribution in [-0.4, -0.2) is 23.5 Å². The van der Waals surface area contributed by atoms with Crippen LogP contribution in [0, 0.1) is 11.8 Å². The normalized spacial score (nSPS) is 21.8. The molecule has 0 saturated heterocycles. The molecule has 1 fully saturated rings. The fourth-order valence-electron chi connectivity index (χ4n) is 2.76. The number of benzene rings is 1. The number of amides is 1. The maximum absolute atomic E-state index is 12.1. The van der Waals surface area contributed by atoms with E-state index in [-0.39, 0.29) is 17.4 Å². The summed E-state index contributed by atoms with van der Waals surface area (Å²) in [6, 6.07) is 6.57. The fraction of sp³-hybridized carbons (Fsp3) is 0.500. The average molecular weight is 290 g/mol. The van der Waals surface area contributed by atoms with Gasteiger partial charge in [-0.1, -0.05) is 12.1 Å². The molecule has 0 aromatic heterocycles. The molecule has 0 atom stereocenters. The number of aromatic carboxylic acids is 1. The Kier molecular flexibility index (Phi) is 5.33. The summed E-state index contributed by atoms with van der Waals surface area (Å²) < 4.78 is 0. The van der Waals surface area contributed by atoms with E-state index in [9.17, 15) is 9.59 Å². The number of carbonyl (C=O) groups is 2. The van der Waals surface area contributed by atoms with Crippen LogP contribution in [-0.2, 0) is 11.3 Å². The van der Waals surface area contributed by atoms with Crippen molar-refractivity contribution in [1.82, 2.24) is 5.32 Å². The molecule has 5 nitrogen and oxygen atoms in total. The number of hydrogen-bond donors (Lipinski definition) is 3. The van der Waals surface area contributed by atoms with E-state index in [0.29, 0.717) is 19.0 Å². The van der Waals surface area contributed by atoms with Crippen molar-refractivity contribution in [2.75, 3.05) is 6.54 Å². The van der Waals surface area contributed by atoms with Crippen molar-refractivity contribution in [3.8, 4) is 0 Å². The van der Waals surface area contributed by atoms with Crippen LogP contribution in [0.15, 0.2) is 24.3 Å². The Morgan fingerprint density at radius 1 is 1.14 bits per heavy atom. The van der Waals surface area contributed by atoms with E-state index in [0.717, 1.165) is 31.2 Å². The van der Waals surface area contributed by atoms with Crippen LogP contribution >= 0.6 is 0 Å². The summed E-state index contributed by atoms with van der Waals surface area (Å²) in [5, 5.41) is 11.8. The zero-order valence-corrected chi connectivity index (χ0v) is 12.0. The summed E-state index contributed by atoms with van der Waals surface area (Å²) in [4.78, 5) is 22.9. The Balaban J connectivity index is 1.80. The van der Waals surface area contributed by atoms with E-state index in [4.69, 9.17) is 10.8 Å². The molecular weight excluding hydrogens is 268 g/mol. The molecule has 0 radical (unpaired) electrons. The van der Waals surface area contributed by atoms with Gasteiger partial charge >= 0.3 is 5.97 Å². The molecule has 5 heteroatoms. The molecule has 1 aliphatic rings. The van der Waals surface area contributed by atoms with Gasteiger partial charge in [0.25, 0.3) is 0 Å². The van der Waals surface area contributed by atoms with Crippen LogP contribution in [0.1, 0.15) is 41.6 Å². The van der Waals surface area contributed by atoms with Crippen LogP contribution in [0.3, 0.4) is 0 Å². The smallest absolute Gasteiger partial charge is 0.335 e. The number of carboxylic acid groups (broad SMARTS) is 1. The van der Waals surface area contributed by atoms with Crippen LogP contribution < -0.4 is 11.1 Å². The number of carboxylic acids is 1. The van der Waals surface area contributed by atoms with Crippen LogP contribution in [0.5, 0.6) is 0 Å². The van der Waals surface area contributed by atoms with Crippen LogP contribution in [0.4, 0.5) is 0 Å². The Hall–Kier alpha value is -1.88. The molecule has 1 aliphatic carbocycles. The Morgan fingerprint density at radius 3 is 2.29 bits per heavy atom. The molecule has 1 aromatic rings. The molecular formula is C16H22N2O3. The molecule has 0 unspecified atom stereocenters. The lowest BCUT2D eigenvalue weighted by Crippen LogP contribution is -2.33. The maximum atomic E-state index is 12.1. The standard InChI is InChI=1S/C16H22N2O3/c17-9-11-1-5-13(6-2-11)15(19)18-10-12-3-7-14(8-4-12)16(20)21/h3-4,7-8,11,13H,1-2,5-6,9-10,17H2,(H,18,19)(H,20,21). The first kappa shape index (κ1) is 15.5. The second kappa shape index (κ2) is 7.22. The molecule has 2 rings (SSSR count). The third-order valence-electron chi connectivity index (χ3n) is 4.22. The van der Waals surface area contributed by atoms with E-state index >= 15 is 0 Å². The predicted molar refractivity (Wildman–Crippen MR) is 79.8 cm³/mol. The molecule has 0 bridgehead atoms. The molecule has 1 amide bonds. The van der Waals surface area contributed by atoms with E-state index < -0.39 is 5.97 Å². The largest absolute Gasteiger partial charge is 0.478 e. The Labute approximate surface area is 124 Å². The highest BCUT2D eigenvalue weighted by Gasteiger charge is 2.25. The lowest BCUT2D eigenvalue weighted by atomic mass is 9.81. The average Bonchev–Trinajstić information content (AvgIpc) is 2.53. The quantitative estimate of drug-likeness (QED) is 0.770. The van der Waals surface area contributed by atoms with Gasteiger partial charge in [-0.2, -0.15) is 0 Å². The van der Waals surface area contributed by atoms with Crippen LogP contribution in [0.2, 0.25) is 0 Å². The van der Waals surface area contributed by atoms with Crippen molar-refractivity contribution in [3.05, 3.63) is 35.4 Å². The summed E-state index contributed by atoms with van der Waals surface area (Å²) in [5.74, 6) is -0.196. The van der Waals surface area contributed by atoms with Gasteiger partial charge in [0.05, 0.1) is 5.56 Å². The van der Waals surface area contributed by atoms with E-state index in [2.05, 4.69) is 5.32 Å². The minimum Gasteiger partial charge on any atom is -0.478 e. The monoisotopic (exact) mass is 290 g/mol. The molecule has 0 heterocycles. The SMILES string of the molecule is NCC1CCC(C(=O)NCc2ccc(C(=O)O)cc2)CC1. The number of hydrogen-bond acceptors (Lipinski definition) is 3. The summed E-state index contributed by atoms with van der Waals surface area (Å²) >= 11 is 0. The molecule has 21 heavy (non-hydrogen) atoms. The van der Waals surface area contributed by atoms with Crippen molar-refractivity contribution in [2.45, 2.75) is 32.2 Å². The second-order valence-electron chi connectivity index (χ2n) is 5.67. The van der Waals surface area contributed by atoms with Gasteiger partial charge in [0.1, 0.15) is 0 Å². The number of carbonyl (C=O) groups excluding carboxylic acids is 1. The minimum absolute atomic E-state index is 0.0890. The topological polar surface area (TPSA) is 92.4 Å². The maximum Gasteiger partial charge on any atom is 0.335 e.